The molecule has 0 radical (unpaired) electrons. The van der Waals surface area contributed by atoms with Crippen molar-refractivity contribution in [2.45, 2.75) is 168 Å². The summed E-state index contributed by atoms with van der Waals surface area (Å²) in [5.74, 6) is -1.10. The minimum atomic E-state index is -0.881. The van der Waals surface area contributed by atoms with Gasteiger partial charge in [0.25, 0.3) is 0 Å². The van der Waals surface area contributed by atoms with Crippen LogP contribution in [0.15, 0.2) is 0 Å². The third-order valence-corrected chi connectivity index (χ3v) is 6.31. The average Bonchev–Trinajstić information content (AvgIpc) is 2.75. The standard InChI is InChI=1S/C28H54O4/c1-3-5-7-9-11-13-15-17-19-21-23-26(25-27(29)30)32-28(31)24-22-20-18-16-14-12-10-8-6-4-2/h26H,3-25H2,1-2H3,(H,29,30)/t26-/m0/s1. The van der Waals surface area contributed by atoms with Crippen LogP contribution < -0.4 is 0 Å². The highest BCUT2D eigenvalue weighted by Gasteiger charge is 2.17. The van der Waals surface area contributed by atoms with E-state index in [1.165, 1.54) is 103 Å². The Kier molecular flexibility index (Phi) is 23.8. The maximum atomic E-state index is 12.1. The fourth-order valence-electron chi connectivity index (χ4n) is 4.26. The number of unbranched alkanes of at least 4 members (excludes halogenated alkanes) is 18. The van der Waals surface area contributed by atoms with Crippen molar-refractivity contribution >= 4 is 11.9 Å². The zero-order valence-electron chi connectivity index (χ0n) is 21.5. The molecule has 0 fully saturated rings. The molecule has 0 bridgehead atoms. The summed E-state index contributed by atoms with van der Waals surface area (Å²) in [6.07, 6.45) is 25.4. The van der Waals surface area contributed by atoms with E-state index in [2.05, 4.69) is 13.8 Å². The van der Waals surface area contributed by atoms with Gasteiger partial charge in [-0.15, -0.1) is 0 Å². The molecule has 0 aliphatic heterocycles. The number of ether oxygens (including phenoxy) is 1. The van der Waals surface area contributed by atoms with Crippen molar-refractivity contribution in [3.63, 3.8) is 0 Å². The summed E-state index contributed by atoms with van der Waals surface area (Å²) in [6, 6.07) is 0. The zero-order chi connectivity index (χ0) is 23.7. The maximum absolute atomic E-state index is 12.1. The highest BCUT2D eigenvalue weighted by atomic mass is 16.5. The van der Waals surface area contributed by atoms with E-state index in [1.807, 2.05) is 0 Å². The lowest BCUT2D eigenvalue weighted by atomic mass is 10.0. The summed E-state index contributed by atoms with van der Waals surface area (Å²) in [4.78, 5) is 23.3. The summed E-state index contributed by atoms with van der Waals surface area (Å²) in [5, 5.41) is 9.13. The van der Waals surface area contributed by atoms with E-state index in [9.17, 15) is 9.59 Å². The van der Waals surface area contributed by atoms with Crippen LogP contribution in [0, 0.1) is 0 Å². The first kappa shape index (κ1) is 30.9. The molecular formula is C28H54O4. The Balaban J connectivity index is 3.72. The number of aliphatic carboxylic acids is 1. The molecule has 0 rings (SSSR count). The van der Waals surface area contributed by atoms with Gasteiger partial charge in [0.15, 0.2) is 0 Å². The molecule has 1 atom stereocenters. The predicted octanol–water partition coefficient (Wildman–Crippen LogP) is 8.99. The lowest BCUT2D eigenvalue weighted by Gasteiger charge is -2.16. The molecule has 32 heavy (non-hydrogen) atoms. The molecule has 0 heterocycles. The fraction of sp³-hybridized carbons (Fsp3) is 0.929. The monoisotopic (exact) mass is 454 g/mol. The van der Waals surface area contributed by atoms with E-state index in [4.69, 9.17) is 9.84 Å². The molecule has 0 aromatic carbocycles. The van der Waals surface area contributed by atoms with Crippen LogP contribution in [0.2, 0.25) is 0 Å². The number of hydrogen-bond acceptors (Lipinski definition) is 3. The van der Waals surface area contributed by atoms with Gasteiger partial charge >= 0.3 is 11.9 Å². The van der Waals surface area contributed by atoms with Gasteiger partial charge in [-0.2, -0.15) is 0 Å². The highest BCUT2D eigenvalue weighted by Crippen LogP contribution is 2.16. The average molecular weight is 455 g/mol. The molecule has 0 aliphatic carbocycles. The minimum Gasteiger partial charge on any atom is -0.481 e. The van der Waals surface area contributed by atoms with Crippen LogP contribution >= 0.6 is 0 Å². The molecular weight excluding hydrogens is 400 g/mol. The number of esters is 1. The fourth-order valence-corrected chi connectivity index (χ4v) is 4.26. The molecule has 4 heteroatoms. The van der Waals surface area contributed by atoms with Crippen molar-refractivity contribution < 1.29 is 19.4 Å². The van der Waals surface area contributed by atoms with E-state index in [0.29, 0.717) is 12.8 Å². The lowest BCUT2D eigenvalue weighted by Crippen LogP contribution is -2.21. The quantitative estimate of drug-likeness (QED) is 0.110. The Bertz CT molecular complexity index is 422. The molecule has 0 spiro atoms. The summed E-state index contributed by atoms with van der Waals surface area (Å²) < 4.78 is 5.51. The van der Waals surface area contributed by atoms with Crippen molar-refractivity contribution in [1.82, 2.24) is 0 Å². The first-order chi connectivity index (χ1) is 15.6. The normalized spacial score (nSPS) is 12.1. The number of carbonyl (C=O) groups excluding carboxylic acids is 1. The number of hydrogen-bond donors (Lipinski definition) is 1. The topological polar surface area (TPSA) is 63.6 Å². The van der Waals surface area contributed by atoms with Gasteiger partial charge in [0.2, 0.25) is 0 Å². The Labute approximate surface area is 199 Å². The number of carboxylic acid groups (broad SMARTS) is 1. The molecule has 0 aromatic rings. The van der Waals surface area contributed by atoms with Gasteiger partial charge in [0.1, 0.15) is 6.10 Å². The summed E-state index contributed by atoms with van der Waals surface area (Å²) in [5.41, 5.74) is 0. The molecule has 1 N–H and O–H groups in total. The molecule has 0 unspecified atom stereocenters. The van der Waals surface area contributed by atoms with Crippen molar-refractivity contribution in [2.24, 2.45) is 0 Å². The SMILES string of the molecule is CCCCCCCCCCCCC(=O)O[C@@H](CCCCCCCCCCCC)CC(=O)O. The largest absolute Gasteiger partial charge is 0.481 e. The van der Waals surface area contributed by atoms with Crippen LogP contribution in [0.5, 0.6) is 0 Å². The highest BCUT2D eigenvalue weighted by molar-refractivity contribution is 5.71. The Morgan fingerprint density at radius 3 is 1.38 bits per heavy atom. The van der Waals surface area contributed by atoms with Gasteiger partial charge in [-0.25, -0.2) is 0 Å². The Hall–Kier alpha value is -1.06. The van der Waals surface area contributed by atoms with Crippen LogP contribution in [0.25, 0.3) is 0 Å². The molecule has 4 nitrogen and oxygen atoms in total. The second-order valence-electron chi connectivity index (χ2n) is 9.61. The van der Waals surface area contributed by atoms with Gasteiger partial charge in [-0.05, 0) is 19.3 Å². The molecule has 0 aliphatic rings. The second-order valence-corrected chi connectivity index (χ2v) is 9.61. The maximum Gasteiger partial charge on any atom is 0.307 e. The first-order valence-corrected chi connectivity index (χ1v) is 14.0. The van der Waals surface area contributed by atoms with Crippen molar-refractivity contribution in [3.8, 4) is 0 Å². The predicted molar refractivity (Wildman–Crippen MR) is 135 cm³/mol. The van der Waals surface area contributed by atoms with E-state index < -0.39 is 12.1 Å². The van der Waals surface area contributed by atoms with Crippen LogP contribution in [-0.2, 0) is 14.3 Å². The van der Waals surface area contributed by atoms with Gasteiger partial charge in [-0.1, -0.05) is 129 Å². The van der Waals surface area contributed by atoms with Crippen molar-refractivity contribution in [3.05, 3.63) is 0 Å². The molecule has 0 saturated carbocycles. The first-order valence-electron chi connectivity index (χ1n) is 14.0. The Morgan fingerprint density at radius 2 is 0.969 bits per heavy atom. The summed E-state index contributed by atoms with van der Waals surface area (Å²) in [7, 11) is 0. The van der Waals surface area contributed by atoms with Crippen LogP contribution in [0.4, 0.5) is 0 Å². The Morgan fingerprint density at radius 1 is 0.594 bits per heavy atom. The molecule has 0 saturated heterocycles. The van der Waals surface area contributed by atoms with Gasteiger partial charge < -0.3 is 9.84 Å². The zero-order valence-corrected chi connectivity index (χ0v) is 21.5. The van der Waals surface area contributed by atoms with Crippen LogP contribution in [0.1, 0.15) is 162 Å². The lowest BCUT2D eigenvalue weighted by molar-refractivity contribution is -0.153. The summed E-state index contributed by atoms with van der Waals surface area (Å²) in [6.45, 7) is 4.49. The van der Waals surface area contributed by atoms with Crippen LogP contribution in [-0.4, -0.2) is 23.1 Å². The smallest absolute Gasteiger partial charge is 0.307 e. The van der Waals surface area contributed by atoms with Gasteiger partial charge in [0, 0.05) is 6.42 Å². The van der Waals surface area contributed by atoms with E-state index in [1.54, 1.807) is 0 Å². The third-order valence-electron chi connectivity index (χ3n) is 6.31. The van der Waals surface area contributed by atoms with Crippen molar-refractivity contribution in [2.75, 3.05) is 0 Å². The summed E-state index contributed by atoms with van der Waals surface area (Å²) >= 11 is 0. The van der Waals surface area contributed by atoms with E-state index in [-0.39, 0.29) is 12.4 Å². The van der Waals surface area contributed by atoms with Crippen LogP contribution in [0.3, 0.4) is 0 Å². The second kappa shape index (κ2) is 24.6. The molecule has 0 amide bonds. The number of carboxylic acids is 1. The van der Waals surface area contributed by atoms with Gasteiger partial charge in [0.05, 0.1) is 6.42 Å². The minimum absolute atomic E-state index is 0.0683. The van der Waals surface area contributed by atoms with Crippen molar-refractivity contribution in [1.29, 1.82) is 0 Å². The third kappa shape index (κ3) is 23.6. The van der Waals surface area contributed by atoms with E-state index >= 15 is 0 Å². The number of rotatable bonds is 25. The van der Waals surface area contributed by atoms with Gasteiger partial charge in [-0.3, -0.25) is 9.59 Å². The number of carbonyl (C=O) groups is 2. The molecule has 190 valence electrons. The molecule has 0 aromatic heterocycles. The van der Waals surface area contributed by atoms with E-state index in [0.717, 1.165) is 25.7 Å².